The number of aromatic amines is 1. The Hall–Kier alpha value is -4.47. The fraction of sp³-hybridized carbons (Fsp3) is 0.259. The lowest BCUT2D eigenvalue weighted by Crippen LogP contribution is -2.32. The molecule has 1 atom stereocenters. The summed E-state index contributed by atoms with van der Waals surface area (Å²) in [4.78, 5) is 20.8. The third-order valence-corrected chi connectivity index (χ3v) is 5.97. The summed E-state index contributed by atoms with van der Waals surface area (Å²) in [6.45, 7) is 4.08. The number of hydrogen-bond acceptors (Lipinski definition) is 7. The number of methoxy groups -OCH3 is 1. The number of aliphatic carboxylic acids is 1. The van der Waals surface area contributed by atoms with Crippen molar-refractivity contribution in [1.82, 2.24) is 20.2 Å². The van der Waals surface area contributed by atoms with E-state index in [1.54, 1.807) is 32.4 Å². The Bertz CT molecular complexity index is 1370. The Morgan fingerprint density at radius 1 is 1.19 bits per heavy atom. The minimum Gasteiger partial charge on any atom is -0.497 e. The number of nitrogens with one attached hydrogen (secondary N) is 3. The highest BCUT2D eigenvalue weighted by Gasteiger charge is 2.20. The Balaban J connectivity index is 1.41. The van der Waals surface area contributed by atoms with Crippen molar-refractivity contribution in [1.29, 1.82) is 0 Å². The van der Waals surface area contributed by atoms with Crippen molar-refractivity contribution >= 4 is 17.5 Å². The van der Waals surface area contributed by atoms with Gasteiger partial charge in [0.1, 0.15) is 29.3 Å². The summed E-state index contributed by atoms with van der Waals surface area (Å²) in [6, 6.07) is 13.0. The molecule has 1 unspecified atom stereocenters. The molecule has 0 aliphatic rings. The van der Waals surface area contributed by atoms with Crippen LogP contribution >= 0.6 is 0 Å². The Labute approximate surface area is 214 Å². The molecule has 10 heteroatoms. The van der Waals surface area contributed by atoms with Gasteiger partial charge in [-0.15, -0.1) is 0 Å². The highest BCUT2D eigenvalue weighted by atomic mass is 19.1. The van der Waals surface area contributed by atoms with E-state index in [4.69, 9.17) is 4.74 Å². The number of aryl methyl sites for hydroxylation is 2. The molecule has 4 rings (SSSR count). The van der Waals surface area contributed by atoms with Gasteiger partial charge in [0, 0.05) is 29.9 Å². The summed E-state index contributed by atoms with van der Waals surface area (Å²) in [6.07, 6.45) is 2.50. The number of hydrogen-bond donors (Lipinski definition) is 4. The topological polar surface area (TPSA) is 125 Å². The van der Waals surface area contributed by atoms with Gasteiger partial charge in [-0.1, -0.05) is 31.2 Å². The molecule has 0 saturated heterocycles. The average molecular weight is 505 g/mol. The molecular weight excluding hydrogens is 475 g/mol. The Morgan fingerprint density at radius 2 is 1.97 bits per heavy atom. The van der Waals surface area contributed by atoms with E-state index in [1.165, 1.54) is 12.1 Å². The number of pyridine rings is 1. The van der Waals surface area contributed by atoms with Crippen LogP contribution in [-0.4, -0.2) is 44.4 Å². The van der Waals surface area contributed by atoms with Gasteiger partial charge < -0.3 is 20.5 Å². The number of nitrogens with zero attached hydrogens (tertiary/aromatic N) is 3. The molecule has 4 aromatic rings. The molecule has 9 nitrogen and oxygen atoms in total. The maximum atomic E-state index is 13.8. The van der Waals surface area contributed by atoms with Gasteiger partial charge in [0.25, 0.3) is 0 Å². The van der Waals surface area contributed by atoms with Crippen molar-refractivity contribution in [2.45, 2.75) is 39.3 Å². The lowest BCUT2D eigenvalue weighted by molar-refractivity contribution is -0.137. The second-order valence-corrected chi connectivity index (χ2v) is 8.59. The molecule has 4 N–H and O–H groups in total. The molecule has 2 aromatic heterocycles. The zero-order valence-corrected chi connectivity index (χ0v) is 20.9. The fourth-order valence-electron chi connectivity index (χ4n) is 4.01. The van der Waals surface area contributed by atoms with E-state index in [2.05, 4.69) is 30.8 Å². The number of halogens is 1. The van der Waals surface area contributed by atoms with Gasteiger partial charge in [-0.25, -0.2) is 19.2 Å². The van der Waals surface area contributed by atoms with Crippen molar-refractivity contribution in [3.63, 3.8) is 0 Å². The summed E-state index contributed by atoms with van der Waals surface area (Å²) in [5.74, 6) is 1.22. The van der Waals surface area contributed by atoms with Gasteiger partial charge in [-0.3, -0.25) is 5.10 Å². The van der Waals surface area contributed by atoms with E-state index in [0.717, 1.165) is 16.7 Å². The van der Waals surface area contributed by atoms with Gasteiger partial charge in [0.05, 0.1) is 13.7 Å². The van der Waals surface area contributed by atoms with Crippen LogP contribution in [0.2, 0.25) is 0 Å². The van der Waals surface area contributed by atoms with E-state index >= 15 is 0 Å². The first-order chi connectivity index (χ1) is 17.9. The predicted molar refractivity (Wildman–Crippen MR) is 139 cm³/mol. The smallest absolute Gasteiger partial charge is 0.326 e. The fourth-order valence-corrected chi connectivity index (χ4v) is 4.01. The monoisotopic (exact) mass is 504 g/mol. The third-order valence-electron chi connectivity index (χ3n) is 5.97. The molecule has 0 amide bonds. The molecule has 0 aliphatic carbocycles. The minimum absolute atomic E-state index is 0.256. The second-order valence-electron chi connectivity index (χ2n) is 8.59. The number of carbonyl (C=O) groups is 1. The van der Waals surface area contributed by atoms with E-state index in [1.807, 2.05) is 31.2 Å². The van der Waals surface area contributed by atoms with Gasteiger partial charge in [-0.05, 0) is 48.2 Å². The molecule has 0 spiro atoms. The number of benzene rings is 2. The van der Waals surface area contributed by atoms with Crippen LogP contribution in [-0.2, 0) is 24.2 Å². The summed E-state index contributed by atoms with van der Waals surface area (Å²) < 4.78 is 19.0. The number of ether oxygens (including phenoxy) is 1. The van der Waals surface area contributed by atoms with Gasteiger partial charge in [0.15, 0.2) is 5.82 Å². The van der Waals surface area contributed by atoms with Crippen molar-refractivity contribution < 1.29 is 19.0 Å². The van der Waals surface area contributed by atoms with Crippen LogP contribution in [0.5, 0.6) is 5.75 Å². The van der Waals surface area contributed by atoms with Crippen molar-refractivity contribution in [3.8, 4) is 17.1 Å². The van der Waals surface area contributed by atoms with Crippen LogP contribution in [0.3, 0.4) is 0 Å². The van der Waals surface area contributed by atoms with Gasteiger partial charge in [-0.2, -0.15) is 5.10 Å². The minimum atomic E-state index is -0.980. The Morgan fingerprint density at radius 3 is 2.68 bits per heavy atom. The van der Waals surface area contributed by atoms with Crippen LogP contribution in [0, 0.1) is 12.7 Å². The number of carboxylic acid groups (broad SMARTS) is 1. The molecule has 192 valence electrons. The van der Waals surface area contributed by atoms with E-state index in [9.17, 15) is 14.3 Å². The first-order valence-electron chi connectivity index (χ1n) is 11.9. The third kappa shape index (κ3) is 6.40. The summed E-state index contributed by atoms with van der Waals surface area (Å²) in [5.41, 5.74) is 3.72. The SMILES string of the molecule is CCc1cc(F)cc(C)c1NC(Cc1ccc(-c2n[nH]c(CNc3cc(OC)ccn3)n2)cc1)C(=O)O. The highest BCUT2D eigenvalue weighted by molar-refractivity contribution is 5.79. The first kappa shape index (κ1) is 25.6. The predicted octanol–water partition coefficient (Wildman–Crippen LogP) is 4.61. The molecular formula is C27H29FN6O3. The zero-order valence-electron chi connectivity index (χ0n) is 20.9. The number of rotatable bonds is 11. The molecule has 37 heavy (non-hydrogen) atoms. The highest BCUT2D eigenvalue weighted by Crippen LogP contribution is 2.25. The van der Waals surface area contributed by atoms with E-state index in [-0.39, 0.29) is 12.2 Å². The van der Waals surface area contributed by atoms with Gasteiger partial charge in [0.2, 0.25) is 0 Å². The number of aromatic nitrogens is 4. The summed E-state index contributed by atoms with van der Waals surface area (Å²) >= 11 is 0. The van der Waals surface area contributed by atoms with E-state index < -0.39 is 12.0 Å². The molecule has 0 bridgehead atoms. The quantitative estimate of drug-likeness (QED) is 0.233. The van der Waals surface area contributed by atoms with Crippen LogP contribution in [0.4, 0.5) is 15.9 Å². The lowest BCUT2D eigenvalue weighted by Gasteiger charge is -2.20. The maximum Gasteiger partial charge on any atom is 0.326 e. The largest absolute Gasteiger partial charge is 0.497 e. The van der Waals surface area contributed by atoms with Crippen molar-refractivity contribution in [3.05, 3.63) is 83.1 Å². The second kappa shape index (κ2) is 11.5. The summed E-state index contributed by atoms with van der Waals surface area (Å²) in [5, 5.41) is 23.3. The van der Waals surface area contributed by atoms with Crippen molar-refractivity contribution in [2.24, 2.45) is 0 Å². The summed E-state index contributed by atoms with van der Waals surface area (Å²) in [7, 11) is 1.60. The van der Waals surface area contributed by atoms with Gasteiger partial charge >= 0.3 is 5.97 Å². The van der Waals surface area contributed by atoms with E-state index in [0.29, 0.717) is 47.4 Å². The Kier molecular flexibility index (Phi) is 7.97. The molecule has 0 radical (unpaired) electrons. The van der Waals surface area contributed by atoms with Crippen LogP contribution in [0.15, 0.2) is 54.7 Å². The molecule has 0 fully saturated rings. The average Bonchev–Trinajstić information content (AvgIpc) is 3.37. The molecule has 0 aliphatic heterocycles. The number of carboxylic acids is 1. The van der Waals surface area contributed by atoms with Crippen LogP contribution < -0.4 is 15.4 Å². The lowest BCUT2D eigenvalue weighted by atomic mass is 10.0. The standard InChI is InChI=1S/C27H29FN6O3/c1-4-18-13-20(28)11-16(2)25(18)31-22(27(35)36)12-17-5-7-19(8-6-17)26-32-24(33-34-26)15-30-23-14-21(37-3)9-10-29-23/h5-11,13-14,22,31H,4,12,15H2,1-3H3,(H,29,30)(H,35,36)(H,32,33,34). The van der Waals surface area contributed by atoms with Crippen LogP contribution in [0.1, 0.15) is 29.4 Å². The van der Waals surface area contributed by atoms with Crippen LogP contribution in [0.25, 0.3) is 11.4 Å². The zero-order chi connectivity index (χ0) is 26.4. The first-order valence-corrected chi connectivity index (χ1v) is 11.9. The van der Waals surface area contributed by atoms with Crippen molar-refractivity contribution in [2.75, 3.05) is 17.7 Å². The normalized spacial score (nSPS) is 11.7. The molecule has 2 heterocycles. The number of anilines is 2. The maximum absolute atomic E-state index is 13.8. The molecule has 0 saturated carbocycles. The number of H-pyrrole nitrogens is 1. The molecule has 2 aromatic carbocycles.